The molecule has 0 saturated heterocycles. The molecule has 3 heteroatoms. The number of hydrogen-bond donors (Lipinski definition) is 0. The molecular formula is C13H17ClO2. The molecule has 0 aromatic heterocycles. The van der Waals surface area contributed by atoms with Crippen molar-refractivity contribution < 1.29 is 9.53 Å². The number of rotatable bonds is 6. The van der Waals surface area contributed by atoms with Gasteiger partial charge in [0, 0.05) is 11.6 Å². The molecule has 0 atom stereocenters. The quantitative estimate of drug-likeness (QED) is 0.539. The van der Waals surface area contributed by atoms with E-state index in [1.54, 1.807) is 12.1 Å². The van der Waals surface area contributed by atoms with E-state index in [-0.39, 0.29) is 0 Å². The zero-order chi connectivity index (χ0) is 11.8. The Morgan fingerprint density at radius 1 is 1.19 bits per heavy atom. The molecule has 88 valence electrons. The molecule has 1 aromatic rings. The summed E-state index contributed by atoms with van der Waals surface area (Å²) in [6.45, 7) is 2.20. The molecule has 0 aliphatic heterocycles. The standard InChI is InChI=1S/C13H17ClO2/c1-2-3-4-5-6-11-7-9-12(10-8-11)16-13(14)15/h7-10H,2-6H2,1H3. The van der Waals surface area contributed by atoms with E-state index in [1.165, 1.54) is 31.2 Å². The van der Waals surface area contributed by atoms with Crippen LogP contribution in [-0.4, -0.2) is 5.43 Å². The Bertz CT molecular complexity index is 319. The molecule has 1 rings (SSSR count). The first-order valence-electron chi connectivity index (χ1n) is 5.68. The van der Waals surface area contributed by atoms with Gasteiger partial charge in [0.05, 0.1) is 0 Å². The lowest BCUT2D eigenvalue weighted by atomic mass is 10.1. The summed E-state index contributed by atoms with van der Waals surface area (Å²) in [7, 11) is 0. The van der Waals surface area contributed by atoms with Crippen LogP contribution in [0, 0.1) is 0 Å². The van der Waals surface area contributed by atoms with Crippen LogP contribution in [0.5, 0.6) is 5.75 Å². The Kier molecular flexibility index (Phi) is 5.94. The number of carbonyl (C=O) groups excluding carboxylic acids is 1. The van der Waals surface area contributed by atoms with Crippen molar-refractivity contribution in [3.8, 4) is 5.75 Å². The average molecular weight is 241 g/mol. The molecular weight excluding hydrogens is 224 g/mol. The number of halogens is 1. The van der Waals surface area contributed by atoms with Gasteiger partial charge in [0.25, 0.3) is 0 Å². The Labute approximate surface area is 102 Å². The molecule has 0 spiro atoms. The van der Waals surface area contributed by atoms with Crippen molar-refractivity contribution in [1.82, 2.24) is 0 Å². The van der Waals surface area contributed by atoms with Crippen molar-refractivity contribution in [3.05, 3.63) is 29.8 Å². The minimum Gasteiger partial charge on any atom is -0.415 e. The summed E-state index contributed by atoms with van der Waals surface area (Å²) in [6.07, 6.45) is 6.11. The van der Waals surface area contributed by atoms with Crippen LogP contribution in [0.1, 0.15) is 38.2 Å². The second-order valence-corrected chi connectivity index (χ2v) is 4.10. The second-order valence-electron chi connectivity index (χ2n) is 3.79. The predicted octanol–water partition coefficient (Wildman–Crippen LogP) is 4.55. The van der Waals surface area contributed by atoms with E-state index in [2.05, 4.69) is 6.92 Å². The summed E-state index contributed by atoms with van der Waals surface area (Å²) in [5.74, 6) is 0.498. The van der Waals surface area contributed by atoms with Crippen LogP contribution < -0.4 is 4.74 Å². The first-order chi connectivity index (χ1) is 7.72. The molecule has 0 aliphatic rings. The van der Waals surface area contributed by atoms with Gasteiger partial charge in [-0.05, 0) is 30.5 Å². The predicted molar refractivity (Wildman–Crippen MR) is 66.2 cm³/mol. The van der Waals surface area contributed by atoms with E-state index >= 15 is 0 Å². The largest absolute Gasteiger partial charge is 0.415 e. The highest BCUT2D eigenvalue weighted by Crippen LogP contribution is 2.15. The van der Waals surface area contributed by atoms with Gasteiger partial charge in [-0.2, -0.15) is 0 Å². The van der Waals surface area contributed by atoms with E-state index in [9.17, 15) is 4.79 Å². The zero-order valence-electron chi connectivity index (χ0n) is 9.54. The van der Waals surface area contributed by atoms with Crippen LogP contribution in [0.15, 0.2) is 24.3 Å². The topological polar surface area (TPSA) is 26.3 Å². The fourth-order valence-corrected chi connectivity index (χ4v) is 1.66. The minimum absolute atomic E-state index is 0.498. The van der Waals surface area contributed by atoms with E-state index in [1.807, 2.05) is 12.1 Å². The smallest absolute Gasteiger partial charge is 0.409 e. The van der Waals surface area contributed by atoms with Crippen LogP contribution in [0.3, 0.4) is 0 Å². The van der Waals surface area contributed by atoms with Crippen molar-refractivity contribution in [2.24, 2.45) is 0 Å². The minimum atomic E-state index is -0.796. The summed E-state index contributed by atoms with van der Waals surface area (Å²) >= 11 is 5.11. The average Bonchev–Trinajstić information content (AvgIpc) is 2.26. The van der Waals surface area contributed by atoms with Gasteiger partial charge in [-0.1, -0.05) is 38.3 Å². The molecule has 1 aromatic carbocycles. The highest BCUT2D eigenvalue weighted by Gasteiger charge is 1.99. The Morgan fingerprint density at radius 3 is 2.44 bits per heavy atom. The molecule has 0 amide bonds. The number of carbonyl (C=O) groups is 1. The maximum absolute atomic E-state index is 10.5. The summed E-state index contributed by atoms with van der Waals surface area (Å²) in [5, 5.41) is 0. The van der Waals surface area contributed by atoms with Crippen LogP contribution in [-0.2, 0) is 6.42 Å². The molecule has 0 saturated carbocycles. The van der Waals surface area contributed by atoms with E-state index < -0.39 is 5.43 Å². The van der Waals surface area contributed by atoms with Crippen molar-refractivity contribution in [2.45, 2.75) is 39.0 Å². The summed E-state index contributed by atoms with van der Waals surface area (Å²) < 4.78 is 4.74. The third-order valence-corrected chi connectivity index (χ3v) is 2.52. The molecule has 0 fully saturated rings. The number of hydrogen-bond acceptors (Lipinski definition) is 2. The third kappa shape index (κ3) is 5.17. The molecule has 0 radical (unpaired) electrons. The molecule has 0 heterocycles. The normalized spacial score (nSPS) is 10.1. The highest BCUT2D eigenvalue weighted by molar-refractivity contribution is 6.61. The summed E-state index contributed by atoms with van der Waals surface area (Å²) in [4.78, 5) is 10.5. The van der Waals surface area contributed by atoms with Crippen LogP contribution >= 0.6 is 11.6 Å². The second kappa shape index (κ2) is 7.29. The van der Waals surface area contributed by atoms with Gasteiger partial charge < -0.3 is 4.74 Å². The third-order valence-electron chi connectivity index (χ3n) is 2.44. The fraction of sp³-hybridized carbons (Fsp3) is 0.462. The lowest BCUT2D eigenvalue weighted by molar-refractivity contribution is 0.225. The van der Waals surface area contributed by atoms with Gasteiger partial charge in [0.2, 0.25) is 0 Å². The molecule has 0 bridgehead atoms. The van der Waals surface area contributed by atoms with Gasteiger partial charge in [0.1, 0.15) is 5.75 Å². The van der Waals surface area contributed by atoms with Gasteiger partial charge in [-0.15, -0.1) is 0 Å². The van der Waals surface area contributed by atoms with Crippen LogP contribution in [0.2, 0.25) is 0 Å². The van der Waals surface area contributed by atoms with Crippen molar-refractivity contribution >= 4 is 17.0 Å². The van der Waals surface area contributed by atoms with Gasteiger partial charge in [0.15, 0.2) is 0 Å². The van der Waals surface area contributed by atoms with Gasteiger partial charge in [-0.3, -0.25) is 0 Å². The Morgan fingerprint density at radius 2 is 1.88 bits per heavy atom. The van der Waals surface area contributed by atoms with Gasteiger partial charge >= 0.3 is 5.43 Å². The number of aryl methyl sites for hydroxylation is 1. The van der Waals surface area contributed by atoms with E-state index in [0.29, 0.717) is 5.75 Å². The number of ether oxygens (including phenoxy) is 1. The lowest BCUT2D eigenvalue weighted by Crippen LogP contribution is -1.96. The van der Waals surface area contributed by atoms with Crippen molar-refractivity contribution in [1.29, 1.82) is 0 Å². The maximum atomic E-state index is 10.5. The maximum Gasteiger partial charge on any atom is 0.409 e. The highest BCUT2D eigenvalue weighted by atomic mass is 35.5. The summed E-state index contributed by atoms with van der Waals surface area (Å²) in [6, 6.07) is 7.49. The SMILES string of the molecule is CCCCCCc1ccc(OC(=O)Cl)cc1. The molecule has 2 nitrogen and oxygen atoms in total. The van der Waals surface area contributed by atoms with Crippen LogP contribution in [0.4, 0.5) is 4.79 Å². The molecule has 0 N–H and O–H groups in total. The fourth-order valence-electron chi connectivity index (χ4n) is 1.57. The van der Waals surface area contributed by atoms with E-state index in [4.69, 9.17) is 16.3 Å². The monoisotopic (exact) mass is 240 g/mol. The van der Waals surface area contributed by atoms with Gasteiger partial charge in [-0.25, -0.2) is 4.79 Å². The van der Waals surface area contributed by atoms with Crippen molar-refractivity contribution in [2.75, 3.05) is 0 Å². The number of unbranched alkanes of at least 4 members (excludes halogenated alkanes) is 3. The Hall–Kier alpha value is -1.02. The molecule has 16 heavy (non-hydrogen) atoms. The lowest BCUT2D eigenvalue weighted by Gasteiger charge is -2.03. The van der Waals surface area contributed by atoms with E-state index in [0.717, 1.165) is 6.42 Å². The molecule has 0 unspecified atom stereocenters. The Balaban J connectivity index is 2.36. The first-order valence-corrected chi connectivity index (χ1v) is 6.06. The van der Waals surface area contributed by atoms with Crippen molar-refractivity contribution in [3.63, 3.8) is 0 Å². The number of benzene rings is 1. The first kappa shape index (κ1) is 13.0. The molecule has 0 aliphatic carbocycles. The zero-order valence-corrected chi connectivity index (χ0v) is 10.3. The van der Waals surface area contributed by atoms with Crippen LogP contribution in [0.25, 0.3) is 0 Å². The summed E-state index contributed by atoms with van der Waals surface area (Å²) in [5.41, 5.74) is 0.473.